The number of piperidine rings is 1. The summed E-state index contributed by atoms with van der Waals surface area (Å²) >= 11 is 0. The molecule has 1 fully saturated rings. The van der Waals surface area contributed by atoms with Crippen LogP contribution >= 0.6 is 0 Å². The zero-order chi connectivity index (χ0) is 34.0. The molecule has 9 heteroatoms. The van der Waals surface area contributed by atoms with Crippen LogP contribution in [0.3, 0.4) is 0 Å². The van der Waals surface area contributed by atoms with Gasteiger partial charge in [0.05, 0.1) is 31.9 Å². The smallest absolute Gasteiger partial charge is 0.407 e. The summed E-state index contributed by atoms with van der Waals surface area (Å²) in [5.74, 6) is 1.75. The van der Waals surface area contributed by atoms with Gasteiger partial charge in [-0.3, -0.25) is 0 Å². The number of nitrogens with zero attached hydrogens (tertiary/aromatic N) is 1. The second-order valence-corrected chi connectivity index (χ2v) is 11.8. The van der Waals surface area contributed by atoms with Crippen molar-refractivity contribution in [3.8, 4) is 17.2 Å². The number of esters is 1. The first kappa shape index (κ1) is 33.4. The van der Waals surface area contributed by atoms with Crippen LogP contribution < -0.4 is 14.2 Å². The molecule has 6 rings (SSSR count). The van der Waals surface area contributed by atoms with Crippen LogP contribution in [0, 0.1) is 0 Å². The Labute approximate surface area is 285 Å². The third-order valence-corrected chi connectivity index (χ3v) is 8.66. The van der Waals surface area contributed by atoms with Crippen molar-refractivity contribution in [2.45, 2.75) is 31.7 Å². The average Bonchev–Trinajstić information content (AvgIpc) is 3.15. The minimum atomic E-state index is -0.957. The Balaban J connectivity index is 1.11. The summed E-state index contributed by atoms with van der Waals surface area (Å²) in [7, 11) is 1.65. The quantitative estimate of drug-likeness (QED) is 0.101. The van der Waals surface area contributed by atoms with E-state index in [9.17, 15) is 14.7 Å². The highest BCUT2D eigenvalue weighted by atomic mass is 16.6. The Kier molecular flexibility index (Phi) is 10.9. The minimum Gasteiger partial charge on any atom is -0.496 e. The van der Waals surface area contributed by atoms with Crippen LogP contribution in [0.4, 0.5) is 4.79 Å². The van der Waals surface area contributed by atoms with E-state index in [4.69, 9.17) is 23.7 Å². The van der Waals surface area contributed by atoms with E-state index in [-0.39, 0.29) is 38.4 Å². The molecule has 0 spiro atoms. The summed E-state index contributed by atoms with van der Waals surface area (Å²) in [5.41, 5.74) is 3.40. The van der Waals surface area contributed by atoms with E-state index in [2.05, 4.69) is 6.07 Å². The number of rotatable bonds is 13. The lowest BCUT2D eigenvalue weighted by molar-refractivity contribution is -0.0199. The number of carboxylic acid groups (broad SMARTS) is 1. The van der Waals surface area contributed by atoms with E-state index in [1.807, 2.05) is 84.9 Å². The number of hydrogen-bond donors (Lipinski definition) is 1. The Morgan fingerprint density at radius 3 is 2.35 bits per heavy atom. The fourth-order valence-corrected chi connectivity index (χ4v) is 6.12. The monoisotopic (exact) mass is 661 g/mol. The Bertz CT molecular complexity index is 1860. The van der Waals surface area contributed by atoms with Gasteiger partial charge in [0.15, 0.2) is 0 Å². The molecule has 0 aromatic heterocycles. The number of carbonyl (C=O) groups excluding carboxylic acids is 1. The van der Waals surface area contributed by atoms with Crippen LogP contribution in [0.2, 0.25) is 0 Å². The molecule has 2 atom stereocenters. The van der Waals surface area contributed by atoms with Crippen LogP contribution in [0.5, 0.6) is 17.2 Å². The summed E-state index contributed by atoms with van der Waals surface area (Å²) in [6, 6.07) is 36.5. The molecule has 49 heavy (non-hydrogen) atoms. The molecule has 0 bridgehead atoms. The van der Waals surface area contributed by atoms with Gasteiger partial charge in [0, 0.05) is 23.4 Å². The van der Waals surface area contributed by atoms with Crippen LogP contribution in [0.1, 0.15) is 39.4 Å². The predicted octanol–water partition coefficient (Wildman–Crippen LogP) is 7.72. The van der Waals surface area contributed by atoms with Gasteiger partial charge in [0.1, 0.15) is 37.1 Å². The van der Waals surface area contributed by atoms with E-state index in [1.54, 1.807) is 31.4 Å². The molecule has 5 aromatic carbocycles. The molecule has 9 nitrogen and oxygen atoms in total. The van der Waals surface area contributed by atoms with Crippen molar-refractivity contribution in [1.29, 1.82) is 0 Å². The summed E-state index contributed by atoms with van der Waals surface area (Å²) < 4.78 is 29.5. The highest BCUT2D eigenvalue weighted by Gasteiger charge is 2.33. The first-order valence-corrected chi connectivity index (χ1v) is 16.3. The van der Waals surface area contributed by atoms with Crippen molar-refractivity contribution in [2.24, 2.45) is 0 Å². The number of amides is 1. The molecule has 0 radical (unpaired) electrons. The van der Waals surface area contributed by atoms with E-state index >= 15 is 0 Å². The lowest BCUT2D eigenvalue weighted by Gasteiger charge is -2.37. The largest absolute Gasteiger partial charge is 0.496 e. The Morgan fingerprint density at radius 1 is 0.796 bits per heavy atom. The fourth-order valence-electron chi connectivity index (χ4n) is 6.12. The molecular weight excluding hydrogens is 622 g/mol. The molecule has 0 aliphatic carbocycles. The lowest BCUT2D eigenvalue weighted by Crippen LogP contribution is -2.46. The molecule has 0 saturated carbocycles. The molecular formula is C40H39NO8. The number of ether oxygens (including phenoxy) is 5. The lowest BCUT2D eigenvalue weighted by atomic mass is 9.87. The molecule has 2 unspecified atom stereocenters. The van der Waals surface area contributed by atoms with Crippen molar-refractivity contribution in [1.82, 2.24) is 4.90 Å². The molecule has 1 saturated heterocycles. The number of likely N-dealkylation sites (tertiary alicyclic amines) is 1. The molecule has 1 aliphatic heterocycles. The second-order valence-electron chi connectivity index (χ2n) is 11.8. The topological polar surface area (TPSA) is 104 Å². The van der Waals surface area contributed by atoms with Gasteiger partial charge in [-0.25, -0.2) is 9.59 Å². The van der Waals surface area contributed by atoms with Crippen LogP contribution in [0.25, 0.3) is 10.8 Å². The van der Waals surface area contributed by atoms with Gasteiger partial charge in [0.25, 0.3) is 0 Å². The van der Waals surface area contributed by atoms with Crippen LogP contribution in [0.15, 0.2) is 115 Å². The van der Waals surface area contributed by atoms with Gasteiger partial charge < -0.3 is 33.7 Å². The molecule has 5 aromatic rings. The average molecular weight is 662 g/mol. The third kappa shape index (κ3) is 8.49. The zero-order valence-corrected chi connectivity index (χ0v) is 27.3. The molecule has 1 heterocycles. The number of carbonyl (C=O) groups is 2. The molecule has 252 valence electrons. The summed E-state index contributed by atoms with van der Waals surface area (Å²) in [6.07, 6.45) is -0.697. The van der Waals surface area contributed by atoms with Gasteiger partial charge >= 0.3 is 12.1 Å². The van der Waals surface area contributed by atoms with E-state index in [0.717, 1.165) is 39.0 Å². The SMILES string of the molecule is COc1ccccc1COc1cc(COC2CN(C(=O)O)CCC2c2ccc(OCCOC(=O)c3ccccc3)cc2)cc2ccccc12. The predicted molar refractivity (Wildman–Crippen MR) is 185 cm³/mol. The van der Waals surface area contributed by atoms with Gasteiger partial charge in [-0.2, -0.15) is 0 Å². The third-order valence-electron chi connectivity index (χ3n) is 8.66. The number of hydrogen-bond acceptors (Lipinski definition) is 7. The molecule has 1 aliphatic rings. The minimum absolute atomic E-state index is 0.0156. The Hall–Kier alpha value is -5.54. The summed E-state index contributed by atoms with van der Waals surface area (Å²) in [5, 5.41) is 11.8. The second kappa shape index (κ2) is 16.0. The normalized spacial score (nSPS) is 15.8. The van der Waals surface area contributed by atoms with Crippen molar-refractivity contribution in [3.63, 3.8) is 0 Å². The number of benzene rings is 5. The van der Waals surface area contributed by atoms with Crippen molar-refractivity contribution < 1.29 is 38.4 Å². The first-order chi connectivity index (χ1) is 24.0. The number of fused-ring (bicyclic) bond motifs is 1. The van der Waals surface area contributed by atoms with Crippen LogP contribution in [-0.4, -0.2) is 61.6 Å². The maximum atomic E-state index is 12.2. The summed E-state index contributed by atoms with van der Waals surface area (Å²) in [6.45, 7) is 1.65. The van der Waals surface area contributed by atoms with E-state index < -0.39 is 12.1 Å². The maximum Gasteiger partial charge on any atom is 0.407 e. The standard InChI is InChI=1S/C40H39NO8/c1-45-36-14-8-6-12-32(36)27-49-37-24-28(23-31-11-5-7-13-34(31)37)26-48-38-25-41(40(43)44)20-19-35(38)29-15-17-33(18-16-29)46-21-22-47-39(42)30-9-3-2-4-10-30/h2-18,23-24,35,38H,19-22,25-27H2,1H3,(H,43,44). The van der Waals surface area contributed by atoms with Crippen molar-refractivity contribution >= 4 is 22.8 Å². The van der Waals surface area contributed by atoms with Gasteiger partial charge in [0.2, 0.25) is 0 Å². The number of para-hydroxylation sites is 1. The zero-order valence-electron chi connectivity index (χ0n) is 27.3. The fraction of sp³-hybridized carbons (Fsp3) is 0.250. The summed E-state index contributed by atoms with van der Waals surface area (Å²) in [4.78, 5) is 25.5. The van der Waals surface area contributed by atoms with Crippen LogP contribution in [-0.2, 0) is 22.7 Å². The van der Waals surface area contributed by atoms with Crippen molar-refractivity contribution in [3.05, 3.63) is 138 Å². The van der Waals surface area contributed by atoms with Gasteiger partial charge in [-0.05, 0) is 65.4 Å². The molecule has 1 N–H and O–H groups in total. The van der Waals surface area contributed by atoms with Gasteiger partial charge in [-0.15, -0.1) is 0 Å². The maximum absolute atomic E-state index is 12.2. The highest BCUT2D eigenvalue weighted by molar-refractivity contribution is 5.89. The Morgan fingerprint density at radius 2 is 1.55 bits per heavy atom. The number of methoxy groups -OCH3 is 1. The van der Waals surface area contributed by atoms with E-state index in [0.29, 0.717) is 30.9 Å². The molecule has 1 amide bonds. The van der Waals surface area contributed by atoms with E-state index in [1.165, 1.54) is 4.90 Å². The van der Waals surface area contributed by atoms with Gasteiger partial charge in [-0.1, -0.05) is 72.8 Å². The first-order valence-electron chi connectivity index (χ1n) is 16.3. The van der Waals surface area contributed by atoms with Crippen molar-refractivity contribution in [2.75, 3.05) is 33.4 Å². The highest BCUT2D eigenvalue weighted by Crippen LogP contribution is 2.34.